The van der Waals surface area contributed by atoms with Crippen molar-refractivity contribution in [2.45, 2.75) is 32.4 Å². The molecule has 0 bridgehead atoms. The second-order valence-corrected chi connectivity index (χ2v) is 10.4. The number of hydrogen-bond donors (Lipinski definition) is 1. The van der Waals surface area contributed by atoms with E-state index in [4.69, 9.17) is 27.9 Å². The van der Waals surface area contributed by atoms with Crippen molar-refractivity contribution in [3.05, 3.63) is 134 Å². The molecular weight excluding hydrogens is 563 g/mol. The molecule has 2 aromatic carbocycles. The van der Waals surface area contributed by atoms with Crippen molar-refractivity contribution < 1.29 is 19.4 Å². The summed E-state index contributed by atoms with van der Waals surface area (Å²) in [6, 6.07) is 15.6. The minimum Gasteiger partial charge on any atom is -0.503 e. The van der Waals surface area contributed by atoms with Gasteiger partial charge in [-0.3, -0.25) is 14.4 Å². The Morgan fingerprint density at radius 2 is 1.83 bits per heavy atom. The van der Waals surface area contributed by atoms with Gasteiger partial charge in [0, 0.05) is 31.4 Å². The number of fused-ring (bicyclic) bond motifs is 1. The van der Waals surface area contributed by atoms with E-state index < -0.39 is 29.0 Å². The lowest BCUT2D eigenvalue weighted by molar-refractivity contribution is -0.144. The molecule has 1 amide bonds. The molecule has 41 heavy (non-hydrogen) atoms. The quantitative estimate of drug-likeness (QED) is 0.228. The molecule has 1 N–H and O–H groups in total. The number of esters is 1. The second-order valence-electron chi connectivity index (χ2n) is 9.58. The normalized spacial score (nSPS) is 14.2. The number of carbonyl (C=O) groups is 2. The van der Waals surface area contributed by atoms with E-state index in [1.165, 1.54) is 11.0 Å². The molecule has 2 heterocycles. The number of rotatable bonds is 10. The highest BCUT2D eigenvalue weighted by Gasteiger charge is 2.34. The molecule has 3 aromatic rings. The van der Waals surface area contributed by atoms with Gasteiger partial charge in [-0.1, -0.05) is 90.5 Å². The molecule has 1 aliphatic heterocycles. The van der Waals surface area contributed by atoms with Gasteiger partial charge in [0.15, 0.2) is 11.4 Å². The molecule has 0 aliphatic carbocycles. The highest BCUT2D eigenvalue weighted by Crippen LogP contribution is 2.30. The molecule has 4 rings (SSSR count). The Balaban J connectivity index is 1.72. The minimum absolute atomic E-state index is 0.00597. The molecule has 1 unspecified atom stereocenters. The molecular formula is C32H30Cl2N2O5. The molecule has 0 fully saturated rings. The molecule has 1 aromatic heterocycles. The van der Waals surface area contributed by atoms with Gasteiger partial charge in [-0.05, 0) is 42.2 Å². The van der Waals surface area contributed by atoms with Crippen molar-refractivity contribution in [2.75, 3.05) is 13.2 Å². The van der Waals surface area contributed by atoms with Crippen LogP contribution in [0.25, 0.3) is 0 Å². The van der Waals surface area contributed by atoms with Crippen LogP contribution in [-0.2, 0) is 29.0 Å². The SMILES string of the molecule is C=C/C=C(\C=C/C)COC(=O)C(Cc1ccccc1)c1cc(=O)c(O)c2n1CCN(Cc1ccc(Cl)c(Cl)c1)C2=O. The number of benzene rings is 2. The maximum atomic E-state index is 13.6. The predicted molar refractivity (Wildman–Crippen MR) is 161 cm³/mol. The molecule has 1 aliphatic rings. The van der Waals surface area contributed by atoms with Gasteiger partial charge in [0.25, 0.3) is 5.91 Å². The van der Waals surface area contributed by atoms with Crippen molar-refractivity contribution in [1.29, 1.82) is 0 Å². The second kappa shape index (κ2) is 13.5. The fourth-order valence-electron chi connectivity index (χ4n) is 4.81. The lowest BCUT2D eigenvalue weighted by Gasteiger charge is -2.33. The molecule has 1 atom stereocenters. The van der Waals surface area contributed by atoms with E-state index in [2.05, 4.69) is 6.58 Å². The molecule has 7 nitrogen and oxygen atoms in total. The van der Waals surface area contributed by atoms with Gasteiger partial charge in [-0.15, -0.1) is 0 Å². The molecule has 0 radical (unpaired) electrons. The fourth-order valence-corrected chi connectivity index (χ4v) is 5.13. The van der Waals surface area contributed by atoms with Crippen LogP contribution in [0.1, 0.15) is 40.2 Å². The molecule has 0 saturated carbocycles. The van der Waals surface area contributed by atoms with Crippen LogP contribution in [0.4, 0.5) is 0 Å². The number of pyridine rings is 1. The summed E-state index contributed by atoms with van der Waals surface area (Å²) < 4.78 is 7.27. The van der Waals surface area contributed by atoms with Gasteiger partial charge in [-0.2, -0.15) is 0 Å². The maximum absolute atomic E-state index is 13.6. The summed E-state index contributed by atoms with van der Waals surface area (Å²) in [5.74, 6) is -2.66. The van der Waals surface area contributed by atoms with Gasteiger partial charge >= 0.3 is 5.97 Å². The molecule has 9 heteroatoms. The highest BCUT2D eigenvalue weighted by atomic mass is 35.5. The summed E-state index contributed by atoms with van der Waals surface area (Å²) in [5.41, 5.74) is 1.73. The first-order valence-corrected chi connectivity index (χ1v) is 13.8. The number of aromatic hydroxyl groups is 1. The Hall–Kier alpha value is -4.07. The Labute approximate surface area is 248 Å². The van der Waals surface area contributed by atoms with Crippen LogP contribution < -0.4 is 5.43 Å². The maximum Gasteiger partial charge on any atom is 0.315 e. The van der Waals surface area contributed by atoms with Crippen LogP contribution in [-0.4, -0.2) is 39.6 Å². The van der Waals surface area contributed by atoms with Crippen molar-refractivity contribution in [2.24, 2.45) is 0 Å². The first-order chi connectivity index (χ1) is 19.7. The number of amides is 1. The largest absolute Gasteiger partial charge is 0.503 e. The van der Waals surface area contributed by atoms with Gasteiger partial charge in [0.1, 0.15) is 12.5 Å². The van der Waals surface area contributed by atoms with Crippen molar-refractivity contribution in [3.8, 4) is 5.75 Å². The first-order valence-electron chi connectivity index (χ1n) is 13.1. The van der Waals surface area contributed by atoms with Gasteiger partial charge in [0.2, 0.25) is 5.43 Å². The molecule has 0 spiro atoms. The van der Waals surface area contributed by atoms with E-state index in [1.54, 1.807) is 34.9 Å². The Bertz CT molecular complexity index is 1580. The standard InChI is InChI=1S/C32H30Cl2N2O5/c1-3-8-22(9-4-2)20-41-32(40)24(16-21-10-6-5-7-11-21)27-18-28(37)30(38)29-31(39)35(14-15-36(27)29)19-23-12-13-25(33)26(34)17-23/h3-13,17-18,24,38H,1,14-16,19-20H2,2H3/b9-4-,22-8+. The van der Waals surface area contributed by atoms with E-state index in [-0.39, 0.29) is 38.4 Å². The van der Waals surface area contributed by atoms with E-state index in [1.807, 2.05) is 49.4 Å². The number of halogens is 2. The van der Waals surface area contributed by atoms with E-state index in [0.29, 0.717) is 15.7 Å². The number of allylic oxidation sites excluding steroid dienone is 3. The van der Waals surface area contributed by atoms with Crippen molar-refractivity contribution in [1.82, 2.24) is 9.47 Å². The highest BCUT2D eigenvalue weighted by molar-refractivity contribution is 6.42. The number of carbonyl (C=O) groups excluding carboxylic acids is 2. The Morgan fingerprint density at radius 1 is 1.07 bits per heavy atom. The third-order valence-corrected chi connectivity index (χ3v) is 7.52. The molecule has 212 valence electrons. The Kier molecular flexibility index (Phi) is 9.86. The summed E-state index contributed by atoms with van der Waals surface area (Å²) in [4.78, 5) is 41.7. The van der Waals surface area contributed by atoms with E-state index in [0.717, 1.165) is 16.7 Å². The van der Waals surface area contributed by atoms with Crippen LogP contribution in [0.5, 0.6) is 5.75 Å². The van der Waals surface area contributed by atoms with Crippen molar-refractivity contribution >= 4 is 35.1 Å². The monoisotopic (exact) mass is 592 g/mol. The average Bonchev–Trinajstić information content (AvgIpc) is 2.96. The topological polar surface area (TPSA) is 88.8 Å². The fraction of sp³-hybridized carbons (Fsp3) is 0.219. The van der Waals surface area contributed by atoms with Crippen LogP contribution >= 0.6 is 23.2 Å². The summed E-state index contributed by atoms with van der Waals surface area (Å²) in [6.07, 6.45) is 7.23. The minimum atomic E-state index is -0.908. The van der Waals surface area contributed by atoms with Crippen LogP contribution in [0, 0.1) is 0 Å². The van der Waals surface area contributed by atoms with Gasteiger partial charge < -0.3 is 19.3 Å². The third kappa shape index (κ3) is 6.99. The van der Waals surface area contributed by atoms with E-state index in [9.17, 15) is 19.5 Å². The third-order valence-electron chi connectivity index (χ3n) is 6.78. The van der Waals surface area contributed by atoms with Crippen molar-refractivity contribution in [3.63, 3.8) is 0 Å². The summed E-state index contributed by atoms with van der Waals surface area (Å²) in [5, 5.41) is 11.5. The Morgan fingerprint density at radius 3 is 2.51 bits per heavy atom. The van der Waals surface area contributed by atoms with Gasteiger partial charge in [0.05, 0.1) is 10.0 Å². The first kappa shape index (κ1) is 29.9. The summed E-state index contributed by atoms with van der Waals surface area (Å²) in [6.45, 7) is 6.30. The van der Waals surface area contributed by atoms with E-state index >= 15 is 0 Å². The zero-order valence-electron chi connectivity index (χ0n) is 22.6. The number of ether oxygens (including phenoxy) is 1. The van der Waals surface area contributed by atoms with Crippen LogP contribution in [0.2, 0.25) is 10.0 Å². The average molecular weight is 594 g/mol. The van der Waals surface area contributed by atoms with Gasteiger partial charge in [-0.25, -0.2) is 0 Å². The zero-order chi connectivity index (χ0) is 29.5. The predicted octanol–water partition coefficient (Wildman–Crippen LogP) is 6.07. The summed E-state index contributed by atoms with van der Waals surface area (Å²) in [7, 11) is 0. The zero-order valence-corrected chi connectivity index (χ0v) is 24.1. The number of aromatic nitrogens is 1. The lowest BCUT2D eigenvalue weighted by atomic mass is 9.94. The summed E-state index contributed by atoms with van der Waals surface area (Å²) >= 11 is 12.2. The lowest BCUT2D eigenvalue weighted by Crippen LogP contribution is -2.43. The molecule has 0 saturated heterocycles. The van der Waals surface area contributed by atoms with Crippen LogP contribution in [0.15, 0.2) is 95.8 Å². The number of nitrogens with zero attached hydrogens (tertiary/aromatic N) is 2. The number of hydrogen-bond acceptors (Lipinski definition) is 5. The smallest absolute Gasteiger partial charge is 0.315 e. The van der Waals surface area contributed by atoms with Crippen LogP contribution in [0.3, 0.4) is 0 Å².